The van der Waals surface area contributed by atoms with Crippen molar-refractivity contribution in [2.24, 2.45) is 4.99 Å². The maximum Gasteiger partial charge on any atom is 0.422 e. The summed E-state index contributed by atoms with van der Waals surface area (Å²) in [5.41, 5.74) is 1.42. The molecule has 2 aromatic rings. The molecule has 0 bridgehead atoms. The van der Waals surface area contributed by atoms with Crippen molar-refractivity contribution in [1.29, 1.82) is 0 Å². The minimum absolute atomic E-state index is 0.195. The monoisotopic (exact) mass is 384 g/mol. The van der Waals surface area contributed by atoms with Crippen LogP contribution in [0.1, 0.15) is 23.9 Å². The Morgan fingerprint density at radius 1 is 1.26 bits per heavy atom. The third kappa shape index (κ3) is 6.46. The lowest BCUT2D eigenvalue weighted by atomic mass is 10.1. The minimum atomic E-state index is -4.39. The number of nitrogens with zero attached hydrogens (tertiary/aromatic N) is 4. The maximum atomic E-state index is 12.5. The predicted octanol–water partition coefficient (Wildman–Crippen LogP) is 2.41. The third-order valence-electron chi connectivity index (χ3n) is 3.73. The van der Waals surface area contributed by atoms with Gasteiger partial charge in [0.15, 0.2) is 18.4 Å². The molecule has 0 spiro atoms. The summed E-state index contributed by atoms with van der Waals surface area (Å²) in [5, 5.41) is 14.0. The van der Waals surface area contributed by atoms with Gasteiger partial charge in [0.05, 0.1) is 6.54 Å². The Balaban J connectivity index is 1.97. The molecule has 0 fully saturated rings. The second-order valence-corrected chi connectivity index (χ2v) is 5.83. The molecule has 0 aliphatic heterocycles. The molecule has 0 atom stereocenters. The van der Waals surface area contributed by atoms with Gasteiger partial charge in [-0.25, -0.2) is 0 Å². The Kier molecular flexibility index (Phi) is 7.03. The fourth-order valence-corrected chi connectivity index (χ4v) is 2.34. The number of nitrogens with one attached hydrogen (secondary N) is 2. The number of hydrogen-bond donors (Lipinski definition) is 2. The van der Waals surface area contributed by atoms with E-state index in [1.54, 1.807) is 32.4 Å². The molecule has 0 amide bonds. The molecule has 0 aliphatic rings. The number of benzene rings is 1. The maximum absolute atomic E-state index is 12.5. The molecule has 10 heteroatoms. The van der Waals surface area contributed by atoms with Crippen LogP contribution < -0.4 is 15.4 Å². The van der Waals surface area contributed by atoms with Crippen LogP contribution in [-0.4, -0.2) is 40.6 Å². The van der Waals surface area contributed by atoms with Gasteiger partial charge in [0.1, 0.15) is 12.1 Å². The summed E-state index contributed by atoms with van der Waals surface area (Å²) in [6, 6.07) is 5.13. The second kappa shape index (κ2) is 9.24. The highest BCUT2D eigenvalue weighted by atomic mass is 19.4. The van der Waals surface area contributed by atoms with Crippen molar-refractivity contribution in [3.63, 3.8) is 0 Å². The Bertz CT molecular complexity index is 772. The summed E-state index contributed by atoms with van der Waals surface area (Å²) in [4.78, 5) is 4.11. The molecule has 0 saturated carbocycles. The fraction of sp³-hybridized carbons (Fsp3) is 0.471. The smallest absolute Gasteiger partial charge is 0.422 e. The van der Waals surface area contributed by atoms with Gasteiger partial charge < -0.3 is 19.9 Å². The lowest BCUT2D eigenvalue weighted by molar-refractivity contribution is -0.153. The summed E-state index contributed by atoms with van der Waals surface area (Å²) in [7, 11) is 1.61. The summed E-state index contributed by atoms with van der Waals surface area (Å²) in [5.74, 6) is 1.44. The van der Waals surface area contributed by atoms with Gasteiger partial charge in [-0.05, 0) is 25.5 Å². The van der Waals surface area contributed by atoms with Crippen LogP contribution in [0.3, 0.4) is 0 Å². The van der Waals surface area contributed by atoms with E-state index >= 15 is 0 Å². The van der Waals surface area contributed by atoms with Gasteiger partial charge in [0.25, 0.3) is 0 Å². The van der Waals surface area contributed by atoms with Gasteiger partial charge in [-0.15, -0.1) is 10.2 Å². The highest BCUT2D eigenvalue weighted by Crippen LogP contribution is 2.23. The second-order valence-electron chi connectivity index (χ2n) is 5.83. The number of guanidine groups is 1. The molecule has 0 aliphatic carbocycles. The molecule has 0 radical (unpaired) electrons. The molecule has 27 heavy (non-hydrogen) atoms. The van der Waals surface area contributed by atoms with Crippen molar-refractivity contribution >= 4 is 5.96 Å². The van der Waals surface area contributed by atoms with Crippen molar-refractivity contribution in [3.05, 3.63) is 41.5 Å². The predicted molar refractivity (Wildman–Crippen MR) is 95.5 cm³/mol. The van der Waals surface area contributed by atoms with E-state index in [1.165, 1.54) is 0 Å². The molecule has 1 aromatic carbocycles. The van der Waals surface area contributed by atoms with Crippen molar-refractivity contribution in [1.82, 2.24) is 25.4 Å². The van der Waals surface area contributed by atoms with Crippen LogP contribution >= 0.6 is 0 Å². The molecule has 1 aromatic heterocycles. The van der Waals surface area contributed by atoms with Gasteiger partial charge in [0.2, 0.25) is 0 Å². The van der Waals surface area contributed by atoms with Crippen molar-refractivity contribution in [2.45, 2.75) is 39.7 Å². The third-order valence-corrected chi connectivity index (χ3v) is 3.73. The van der Waals surface area contributed by atoms with E-state index < -0.39 is 12.8 Å². The first-order valence-electron chi connectivity index (χ1n) is 8.42. The zero-order valence-electron chi connectivity index (χ0n) is 15.5. The molecular formula is C17H23F3N6O. The molecular weight excluding hydrogens is 361 g/mol. The van der Waals surface area contributed by atoms with Crippen LogP contribution in [0.15, 0.2) is 29.5 Å². The number of rotatable bonds is 7. The number of halogens is 3. The van der Waals surface area contributed by atoms with Crippen molar-refractivity contribution in [3.8, 4) is 5.75 Å². The Hall–Kier alpha value is -2.78. The van der Waals surface area contributed by atoms with Crippen LogP contribution in [-0.2, 0) is 19.6 Å². The largest absolute Gasteiger partial charge is 0.484 e. The van der Waals surface area contributed by atoms with E-state index in [0.29, 0.717) is 18.1 Å². The zero-order chi connectivity index (χ0) is 19.9. The lowest BCUT2D eigenvalue weighted by Crippen LogP contribution is -2.37. The van der Waals surface area contributed by atoms with Crippen LogP contribution in [0, 0.1) is 6.92 Å². The van der Waals surface area contributed by atoms with E-state index in [-0.39, 0.29) is 12.3 Å². The van der Waals surface area contributed by atoms with E-state index in [4.69, 9.17) is 4.74 Å². The summed E-state index contributed by atoms with van der Waals surface area (Å²) in [6.45, 7) is 3.87. The van der Waals surface area contributed by atoms with Gasteiger partial charge in [-0.3, -0.25) is 4.99 Å². The summed E-state index contributed by atoms with van der Waals surface area (Å²) in [6.07, 6.45) is -2.75. The van der Waals surface area contributed by atoms with Crippen molar-refractivity contribution < 1.29 is 17.9 Å². The normalized spacial score (nSPS) is 12.1. The van der Waals surface area contributed by atoms with Gasteiger partial charge >= 0.3 is 6.18 Å². The highest BCUT2D eigenvalue weighted by Gasteiger charge is 2.28. The van der Waals surface area contributed by atoms with Gasteiger partial charge in [-0.1, -0.05) is 12.1 Å². The number of ether oxygens (including phenoxy) is 1. The number of alkyl halides is 3. The molecule has 1 heterocycles. The van der Waals surface area contributed by atoms with E-state index in [2.05, 4.69) is 25.8 Å². The molecule has 2 rings (SSSR count). The van der Waals surface area contributed by atoms with Crippen molar-refractivity contribution in [2.75, 3.05) is 13.7 Å². The van der Waals surface area contributed by atoms with Gasteiger partial charge in [-0.2, -0.15) is 13.2 Å². The number of aliphatic imine (C=N–C) groups is 1. The zero-order valence-corrected chi connectivity index (χ0v) is 15.5. The van der Waals surface area contributed by atoms with E-state index in [9.17, 15) is 13.2 Å². The Labute approximate surface area is 155 Å². The van der Waals surface area contributed by atoms with Crippen LogP contribution in [0.5, 0.6) is 5.75 Å². The SMILES string of the molecule is CCn1cnnc1CNC(=NC)NCc1ccc(C)cc1OCC(F)(F)F. The van der Waals surface area contributed by atoms with Crippen LogP contribution in [0.25, 0.3) is 0 Å². The average Bonchev–Trinajstić information content (AvgIpc) is 3.08. The topological polar surface area (TPSA) is 76.4 Å². The average molecular weight is 384 g/mol. The van der Waals surface area contributed by atoms with E-state index in [0.717, 1.165) is 17.9 Å². The first-order chi connectivity index (χ1) is 12.8. The molecule has 7 nitrogen and oxygen atoms in total. The first-order valence-corrected chi connectivity index (χ1v) is 8.42. The fourth-order valence-electron chi connectivity index (χ4n) is 2.34. The molecule has 0 unspecified atom stereocenters. The molecule has 148 valence electrons. The highest BCUT2D eigenvalue weighted by molar-refractivity contribution is 5.79. The summed E-state index contributed by atoms with van der Waals surface area (Å²) < 4.78 is 44.2. The Morgan fingerprint density at radius 3 is 2.67 bits per heavy atom. The number of aryl methyl sites for hydroxylation is 2. The van der Waals surface area contributed by atoms with Gasteiger partial charge in [0, 0.05) is 25.7 Å². The minimum Gasteiger partial charge on any atom is -0.484 e. The quantitative estimate of drug-likeness (QED) is 0.566. The molecule has 0 saturated heterocycles. The Morgan fingerprint density at radius 2 is 2.00 bits per heavy atom. The lowest BCUT2D eigenvalue weighted by Gasteiger charge is -2.16. The number of hydrogen-bond acceptors (Lipinski definition) is 4. The summed E-state index contributed by atoms with van der Waals surface area (Å²) >= 11 is 0. The standard InChI is InChI=1S/C17H23F3N6O/c1-4-26-11-24-25-15(26)9-23-16(21-3)22-8-13-6-5-12(2)7-14(13)27-10-17(18,19)20/h5-7,11H,4,8-10H2,1-3H3,(H2,21,22,23). The molecule has 2 N–H and O–H groups in total. The van der Waals surface area contributed by atoms with Crippen LogP contribution in [0.4, 0.5) is 13.2 Å². The van der Waals surface area contributed by atoms with Crippen LogP contribution in [0.2, 0.25) is 0 Å². The number of aromatic nitrogens is 3. The van der Waals surface area contributed by atoms with E-state index in [1.807, 2.05) is 17.6 Å². The first kappa shape index (κ1) is 20.5.